The van der Waals surface area contributed by atoms with E-state index in [0.717, 1.165) is 31.2 Å². The Morgan fingerprint density at radius 2 is 1.80 bits per heavy atom. The number of amides is 1. The number of nitrogens with two attached hydrogens (primary N) is 1. The fourth-order valence-corrected chi connectivity index (χ4v) is 3.39. The lowest BCUT2D eigenvalue weighted by atomic mass is 9.91. The lowest BCUT2D eigenvalue weighted by Gasteiger charge is -2.28. The number of carbonyl (C=O) groups excluding carboxylic acids is 1. The normalized spacial score (nSPS) is 19.8. The summed E-state index contributed by atoms with van der Waals surface area (Å²) in [6, 6.07) is 15.4. The summed E-state index contributed by atoms with van der Waals surface area (Å²) in [4.78, 5) is 12.1. The maximum atomic E-state index is 12.1. The summed E-state index contributed by atoms with van der Waals surface area (Å²) in [6.45, 7) is 0. The summed E-state index contributed by atoms with van der Waals surface area (Å²) in [6.07, 6.45) is 2.86. The van der Waals surface area contributed by atoms with Crippen LogP contribution >= 0.6 is 0 Å². The molecule has 1 fully saturated rings. The van der Waals surface area contributed by atoms with Crippen molar-refractivity contribution in [3.63, 3.8) is 0 Å². The van der Waals surface area contributed by atoms with Crippen LogP contribution in [0.2, 0.25) is 0 Å². The fourth-order valence-electron chi connectivity index (χ4n) is 3.39. The van der Waals surface area contributed by atoms with E-state index in [1.165, 1.54) is 0 Å². The largest absolute Gasteiger partial charge is 0.393 e. The Morgan fingerprint density at radius 3 is 2.40 bits per heavy atom. The fraction of sp³-hybridized carbons (Fsp3) is 0.300. The molecular weight excluding hydrogens is 314 g/mol. The van der Waals surface area contributed by atoms with Crippen molar-refractivity contribution in [1.29, 1.82) is 5.26 Å². The molecule has 25 heavy (non-hydrogen) atoms. The zero-order valence-electron chi connectivity index (χ0n) is 13.9. The summed E-state index contributed by atoms with van der Waals surface area (Å²) in [7, 11) is 0. The Bertz CT molecular complexity index is 804. The Labute approximate surface area is 147 Å². The van der Waals surface area contributed by atoms with Gasteiger partial charge in [0, 0.05) is 17.3 Å². The standard InChI is InChI=1S/C20H21N3O2/c21-12-17-16(13-4-2-1-3-5-13)10-11-18(19(17)20(22)25)23-14-6-8-15(24)9-7-14/h1-5,10-11,14-15,23-24H,6-9H2,(H2,22,25)/t14-,15-. The molecule has 0 heterocycles. The number of primary amides is 1. The van der Waals surface area contributed by atoms with Crippen molar-refractivity contribution in [3.8, 4) is 17.2 Å². The smallest absolute Gasteiger partial charge is 0.252 e. The lowest BCUT2D eigenvalue weighted by Crippen LogP contribution is -2.29. The highest BCUT2D eigenvalue weighted by atomic mass is 16.3. The van der Waals surface area contributed by atoms with Crippen LogP contribution in [0.5, 0.6) is 0 Å². The van der Waals surface area contributed by atoms with Gasteiger partial charge in [-0.25, -0.2) is 0 Å². The van der Waals surface area contributed by atoms with Crippen molar-refractivity contribution in [1.82, 2.24) is 0 Å². The van der Waals surface area contributed by atoms with E-state index in [1.807, 2.05) is 42.5 Å². The second-order valence-electron chi connectivity index (χ2n) is 6.40. The molecule has 0 unspecified atom stereocenters. The summed E-state index contributed by atoms with van der Waals surface area (Å²) in [5.74, 6) is -0.618. The Morgan fingerprint density at radius 1 is 1.12 bits per heavy atom. The van der Waals surface area contributed by atoms with E-state index in [1.54, 1.807) is 0 Å². The predicted molar refractivity (Wildman–Crippen MR) is 97.0 cm³/mol. The van der Waals surface area contributed by atoms with E-state index in [9.17, 15) is 15.2 Å². The third-order valence-electron chi connectivity index (χ3n) is 4.70. The monoisotopic (exact) mass is 335 g/mol. The van der Waals surface area contributed by atoms with Gasteiger partial charge < -0.3 is 16.2 Å². The topological polar surface area (TPSA) is 99.1 Å². The number of nitriles is 1. The van der Waals surface area contributed by atoms with Crippen LogP contribution < -0.4 is 11.1 Å². The predicted octanol–water partition coefficient (Wildman–Crippen LogP) is 3.04. The number of aliphatic hydroxyl groups excluding tert-OH is 1. The maximum Gasteiger partial charge on any atom is 0.252 e. The highest BCUT2D eigenvalue weighted by Crippen LogP contribution is 2.32. The number of aliphatic hydroxyl groups is 1. The average molecular weight is 335 g/mol. The molecule has 2 aromatic carbocycles. The summed E-state index contributed by atoms with van der Waals surface area (Å²) in [5.41, 5.74) is 8.27. The SMILES string of the molecule is N#Cc1c(-c2ccccc2)ccc(N[C@H]2CC[C@H](O)CC2)c1C(N)=O. The molecule has 5 heteroatoms. The summed E-state index contributed by atoms with van der Waals surface area (Å²) in [5, 5.41) is 22.6. The number of anilines is 1. The van der Waals surface area contributed by atoms with Crippen molar-refractivity contribution in [3.05, 3.63) is 53.6 Å². The van der Waals surface area contributed by atoms with Crippen LogP contribution in [0, 0.1) is 11.3 Å². The molecule has 0 spiro atoms. The van der Waals surface area contributed by atoms with Crippen molar-refractivity contribution in [2.24, 2.45) is 5.73 Å². The van der Waals surface area contributed by atoms with Crippen LogP contribution in [-0.2, 0) is 0 Å². The lowest BCUT2D eigenvalue weighted by molar-refractivity contribution is 0.1000. The zero-order chi connectivity index (χ0) is 17.8. The van der Waals surface area contributed by atoms with Gasteiger partial charge in [-0.2, -0.15) is 5.26 Å². The Balaban J connectivity index is 2.00. The third-order valence-corrected chi connectivity index (χ3v) is 4.70. The van der Waals surface area contributed by atoms with Gasteiger partial charge in [-0.05, 0) is 37.3 Å². The van der Waals surface area contributed by atoms with Crippen molar-refractivity contribution in [2.75, 3.05) is 5.32 Å². The first-order valence-electron chi connectivity index (χ1n) is 8.47. The second kappa shape index (κ2) is 7.37. The van der Waals surface area contributed by atoms with Gasteiger partial charge in [-0.1, -0.05) is 36.4 Å². The van der Waals surface area contributed by atoms with E-state index in [-0.39, 0.29) is 17.7 Å². The van der Waals surface area contributed by atoms with Gasteiger partial charge in [0.1, 0.15) is 6.07 Å². The number of hydrogen-bond acceptors (Lipinski definition) is 4. The van der Waals surface area contributed by atoms with E-state index in [2.05, 4.69) is 11.4 Å². The zero-order valence-corrected chi connectivity index (χ0v) is 13.9. The molecular formula is C20H21N3O2. The van der Waals surface area contributed by atoms with E-state index in [0.29, 0.717) is 16.8 Å². The van der Waals surface area contributed by atoms with E-state index < -0.39 is 5.91 Å². The van der Waals surface area contributed by atoms with E-state index in [4.69, 9.17) is 5.73 Å². The number of nitrogens with zero attached hydrogens (tertiary/aromatic N) is 1. The first kappa shape index (κ1) is 17.0. The molecule has 2 aromatic rings. The molecule has 3 rings (SSSR count). The molecule has 0 saturated heterocycles. The molecule has 0 bridgehead atoms. The molecule has 4 N–H and O–H groups in total. The number of carbonyl (C=O) groups is 1. The Hall–Kier alpha value is -2.84. The first-order chi connectivity index (χ1) is 12.1. The van der Waals surface area contributed by atoms with Crippen LogP contribution in [-0.4, -0.2) is 23.2 Å². The van der Waals surface area contributed by atoms with Gasteiger partial charge in [0.05, 0.1) is 17.2 Å². The average Bonchev–Trinajstić information content (AvgIpc) is 2.63. The highest BCUT2D eigenvalue weighted by molar-refractivity contribution is 6.03. The minimum atomic E-state index is -0.618. The first-order valence-corrected chi connectivity index (χ1v) is 8.47. The summed E-state index contributed by atoms with van der Waals surface area (Å²) < 4.78 is 0. The quantitative estimate of drug-likeness (QED) is 0.799. The van der Waals surface area contributed by atoms with Crippen LogP contribution in [0.3, 0.4) is 0 Å². The number of rotatable bonds is 4. The van der Waals surface area contributed by atoms with Crippen molar-refractivity contribution < 1.29 is 9.90 Å². The molecule has 1 saturated carbocycles. The van der Waals surface area contributed by atoms with Gasteiger partial charge in [-0.3, -0.25) is 4.79 Å². The number of hydrogen-bond donors (Lipinski definition) is 3. The Kier molecular flexibility index (Phi) is 5.01. The summed E-state index contributed by atoms with van der Waals surface area (Å²) >= 11 is 0. The molecule has 0 atom stereocenters. The van der Waals surface area contributed by atoms with Gasteiger partial charge in [-0.15, -0.1) is 0 Å². The molecule has 1 amide bonds. The van der Waals surface area contributed by atoms with Gasteiger partial charge >= 0.3 is 0 Å². The van der Waals surface area contributed by atoms with Crippen molar-refractivity contribution in [2.45, 2.75) is 37.8 Å². The molecule has 5 nitrogen and oxygen atoms in total. The highest BCUT2D eigenvalue weighted by Gasteiger charge is 2.23. The molecule has 0 radical (unpaired) electrons. The number of nitrogens with one attached hydrogen (secondary N) is 1. The van der Waals surface area contributed by atoms with Crippen LogP contribution in [0.25, 0.3) is 11.1 Å². The van der Waals surface area contributed by atoms with Crippen LogP contribution in [0.4, 0.5) is 5.69 Å². The minimum absolute atomic E-state index is 0.163. The maximum absolute atomic E-state index is 12.1. The van der Waals surface area contributed by atoms with E-state index >= 15 is 0 Å². The third kappa shape index (κ3) is 3.65. The molecule has 128 valence electrons. The molecule has 0 aliphatic heterocycles. The number of benzene rings is 2. The van der Waals surface area contributed by atoms with Crippen molar-refractivity contribution >= 4 is 11.6 Å². The molecule has 1 aliphatic rings. The molecule has 0 aromatic heterocycles. The van der Waals surface area contributed by atoms with Gasteiger partial charge in [0.15, 0.2) is 0 Å². The molecule has 1 aliphatic carbocycles. The van der Waals surface area contributed by atoms with Crippen LogP contribution in [0.1, 0.15) is 41.6 Å². The minimum Gasteiger partial charge on any atom is -0.393 e. The second-order valence-corrected chi connectivity index (χ2v) is 6.40. The van der Waals surface area contributed by atoms with Gasteiger partial charge in [0.2, 0.25) is 0 Å². The van der Waals surface area contributed by atoms with Gasteiger partial charge in [0.25, 0.3) is 5.91 Å². The van der Waals surface area contributed by atoms with Crippen LogP contribution in [0.15, 0.2) is 42.5 Å².